The second kappa shape index (κ2) is 57.9. The number of hydrogen-bond donors (Lipinski definition) is 0. The highest BCUT2D eigenvalue weighted by molar-refractivity contribution is 5.71. The van der Waals surface area contributed by atoms with Crippen molar-refractivity contribution < 1.29 is 28.6 Å². The lowest BCUT2D eigenvalue weighted by atomic mass is 10.0. The van der Waals surface area contributed by atoms with Gasteiger partial charge in [-0.3, -0.25) is 14.4 Å². The fourth-order valence-corrected chi connectivity index (χ4v) is 8.74. The molecule has 0 aromatic rings. The third-order valence-corrected chi connectivity index (χ3v) is 13.3. The Bertz CT molecular complexity index is 1200. The number of rotatable bonds is 55. The Kier molecular flexibility index (Phi) is 55.7. The molecule has 0 aliphatic heterocycles. The summed E-state index contributed by atoms with van der Waals surface area (Å²) >= 11 is 0. The van der Waals surface area contributed by atoms with Gasteiger partial charge in [-0.2, -0.15) is 0 Å². The molecule has 0 rings (SSSR count). The summed E-state index contributed by atoms with van der Waals surface area (Å²) in [7, 11) is 0. The molecular formula is C63H114O6. The lowest BCUT2D eigenvalue weighted by Crippen LogP contribution is -2.30. The van der Waals surface area contributed by atoms with E-state index in [2.05, 4.69) is 69.4 Å². The Hall–Kier alpha value is -2.63. The maximum atomic E-state index is 12.9. The smallest absolute Gasteiger partial charge is 0.306 e. The Balaban J connectivity index is 4.35. The molecule has 0 amide bonds. The molecule has 0 aliphatic carbocycles. The van der Waals surface area contributed by atoms with Crippen molar-refractivity contribution in [2.75, 3.05) is 13.2 Å². The van der Waals surface area contributed by atoms with E-state index in [1.54, 1.807) is 0 Å². The highest BCUT2D eigenvalue weighted by atomic mass is 16.6. The molecule has 0 spiro atoms. The van der Waals surface area contributed by atoms with E-state index in [9.17, 15) is 14.4 Å². The van der Waals surface area contributed by atoms with Crippen LogP contribution < -0.4 is 0 Å². The van der Waals surface area contributed by atoms with E-state index in [-0.39, 0.29) is 31.1 Å². The highest BCUT2D eigenvalue weighted by Gasteiger charge is 2.19. The van der Waals surface area contributed by atoms with E-state index in [1.807, 2.05) is 0 Å². The predicted octanol–water partition coefficient (Wildman–Crippen LogP) is 20.2. The molecule has 0 saturated heterocycles. The van der Waals surface area contributed by atoms with Gasteiger partial charge in [0.1, 0.15) is 13.2 Å². The molecule has 0 radical (unpaired) electrons. The first-order valence-electron chi connectivity index (χ1n) is 30.1. The zero-order valence-corrected chi connectivity index (χ0v) is 46.1. The summed E-state index contributed by atoms with van der Waals surface area (Å²) in [5, 5.41) is 0. The van der Waals surface area contributed by atoms with Gasteiger partial charge in [-0.05, 0) is 83.5 Å². The first-order valence-corrected chi connectivity index (χ1v) is 30.1. The number of ether oxygens (including phenoxy) is 3. The molecule has 0 heterocycles. The van der Waals surface area contributed by atoms with Gasteiger partial charge in [-0.25, -0.2) is 0 Å². The van der Waals surface area contributed by atoms with E-state index < -0.39 is 6.10 Å². The third-order valence-electron chi connectivity index (χ3n) is 13.3. The number of unbranched alkanes of at least 4 members (excludes halogenated alkanes) is 36. The molecule has 6 nitrogen and oxygen atoms in total. The molecule has 0 aromatic carbocycles. The number of allylic oxidation sites excluding steroid dienone is 8. The van der Waals surface area contributed by atoms with Gasteiger partial charge < -0.3 is 14.2 Å². The lowest BCUT2D eigenvalue weighted by Gasteiger charge is -2.18. The minimum absolute atomic E-state index is 0.0853. The van der Waals surface area contributed by atoms with Crippen LogP contribution in [0.3, 0.4) is 0 Å². The molecular weight excluding hydrogens is 853 g/mol. The minimum atomic E-state index is -0.791. The van der Waals surface area contributed by atoms with Crippen LogP contribution in [0.25, 0.3) is 0 Å². The van der Waals surface area contributed by atoms with E-state index in [1.165, 1.54) is 193 Å². The highest BCUT2D eigenvalue weighted by Crippen LogP contribution is 2.17. The van der Waals surface area contributed by atoms with Crippen LogP contribution in [0.15, 0.2) is 48.6 Å². The van der Waals surface area contributed by atoms with Crippen LogP contribution in [0.4, 0.5) is 0 Å². The molecule has 1 atom stereocenters. The van der Waals surface area contributed by atoms with Crippen LogP contribution >= 0.6 is 0 Å². The van der Waals surface area contributed by atoms with Crippen LogP contribution in [0.1, 0.15) is 316 Å². The van der Waals surface area contributed by atoms with Crippen LogP contribution in [-0.2, 0) is 28.6 Å². The maximum Gasteiger partial charge on any atom is 0.306 e. The molecule has 402 valence electrons. The van der Waals surface area contributed by atoms with Crippen molar-refractivity contribution >= 4 is 17.9 Å². The summed E-state index contributed by atoms with van der Waals surface area (Å²) < 4.78 is 16.9. The van der Waals surface area contributed by atoms with E-state index in [4.69, 9.17) is 14.2 Å². The molecule has 0 aromatic heterocycles. The topological polar surface area (TPSA) is 78.9 Å². The Morgan fingerprint density at radius 2 is 0.522 bits per heavy atom. The number of hydrogen-bond acceptors (Lipinski definition) is 6. The maximum absolute atomic E-state index is 12.9. The Morgan fingerprint density at radius 3 is 0.884 bits per heavy atom. The van der Waals surface area contributed by atoms with Gasteiger partial charge in [0.25, 0.3) is 0 Å². The second-order valence-electron chi connectivity index (χ2n) is 20.3. The number of carbonyl (C=O) groups is 3. The molecule has 69 heavy (non-hydrogen) atoms. The van der Waals surface area contributed by atoms with Crippen molar-refractivity contribution in [1.29, 1.82) is 0 Å². The average molecular weight is 968 g/mol. The summed E-state index contributed by atoms with van der Waals surface area (Å²) in [4.78, 5) is 38.2. The van der Waals surface area contributed by atoms with Gasteiger partial charge in [0, 0.05) is 19.3 Å². The average Bonchev–Trinajstić information content (AvgIpc) is 3.35. The van der Waals surface area contributed by atoms with Gasteiger partial charge in [0.2, 0.25) is 0 Å². The standard InChI is InChI=1S/C63H114O6/c1-4-7-10-13-16-19-22-25-28-29-30-31-32-33-36-38-41-44-47-50-53-56-62(65)68-59-60(69-63(66)57-54-51-48-45-42-39-35-27-24-21-18-15-12-9-6-3)58-67-61(64)55-52-49-46-43-40-37-34-26-23-20-17-14-11-8-5-2/h17,20,26-27,34-35,40,43,60H,4-16,18-19,21-25,28-33,36-39,41-42,44-59H2,1-3H3/b20-17-,34-26-,35-27-,43-40-/t60-/m1/s1. The van der Waals surface area contributed by atoms with E-state index in [0.29, 0.717) is 19.3 Å². The summed E-state index contributed by atoms with van der Waals surface area (Å²) in [5.41, 5.74) is 0. The summed E-state index contributed by atoms with van der Waals surface area (Å²) in [5.74, 6) is -0.918. The molecule has 0 fully saturated rings. The van der Waals surface area contributed by atoms with Crippen LogP contribution in [0, 0.1) is 0 Å². The molecule has 0 aliphatic rings. The minimum Gasteiger partial charge on any atom is -0.462 e. The molecule has 0 bridgehead atoms. The van der Waals surface area contributed by atoms with Crippen LogP contribution in [0.2, 0.25) is 0 Å². The summed E-state index contributed by atoms with van der Waals surface area (Å²) in [6.45, 7) is 6.61. The summed E-state index contributed by atoms with van der Waals surface area (Å²) in [6.07, 6.45) is 71.1. The van der Waals surface area contributed by atoms with Crippen molar-refractivity contribution in [3.05, 3.63) is 48.6 Å². The van der Waals surface area contributed by atoms with Gasteiger partial charge in [-0.15, -0.1) is 0 Å². The van der Waals surface area contributed by atoms with Crippen molar-refractivity contribution in [2.45, 2.75) is 322 Å². The monoisotopic (exact) mass is 967 g/mol. The first kappa shape index (κ1) is 66.4. The largest absolute Gasteiger partial charge is 0.462 e. The Morgan fingerprint density at radius 1 is 0.290 bits per heavy atom. The SMILES string of the molecule is CCCCC/C=C\C/C=C\C/C=C\CCCCC(=O)OC[C@H](COC(=O)CCCCCCCCCCCCCCCCCCCCCCC)OC(=O)CCCCCCC/C=C\CCCCCCCC. The zero-order valence-electron chi connectivity index (χ0n) is 46.1. The van der Waals surface area contributed by atoms with Crippen molar-refractivity contribution in [2.24, 2.45) is 0 Å². The van der Waals surface area contributed by atoms with E-state index >= 15 is 0 Å². The zero-order chi connectivity index (χ0) is 50.0. The molecule has 0 saturated carbocycles. The predicted molar refractivity (Wildman–Crippen MR) is 298 cm³/mol. The van der Waals surface area contributed by atoms with Crippen molar-refractivity contribution in [1.82, 2.24) is 0 Å². The van der Waals surface area contributed by atoms with Crippen molar-refractivity contribution in [3.63, 3.8) is 0 Å². The second-order valence-corrected chi connectivity index (χ2v) is 20.3. The molecule has 6 heteroatoms. The van der Waals surface area contributed by atoms with Gasteiger partial charge in [0.15, 0.2) is 6.10 Å². The van der Waals surface area contributed by atoms with Crippen LogP contribution in [0.5, 0.6) is 0 Å². The fraction of sp³-hybridized carbons (Fsp3) is 0.825. The van der Waals surface area contributed by atoms with Gasteiger partial charge in [-0.1, -0.05) is 262 Å². The van der Waals surface area contributed by atoms with Gasteiger partial charge >= 0.3 is 17.9 Å². The van der Waals surface area contributed by atoms with E-state index in [0.717, 1.165) is 83.5 Å². The lowest BCUT2D eigenvalue weighted by molar-refractivity contribution is -0.167. The normalized spacial score (nSPS) is 12.3. The quantitative estimate of drug-likeness (QED) is 0.0262. The Labute approximate surface area is 428 Å². The molecule has 0 N–H and O–H groups in total. The van der Waals surface area contributed by atoms with Crippen molar-refractivity contribution in [3.8, 4) is 0 Å². The summed E-state index contributed by atoms with van der Waals surface area (Å²) in [6, 6.07) is 0. The molecule has 0 unspecified atom stereocenters. The third kappa shape index (κ3) is 56.2. The fourth-order valence-electron chi connectivity index (χ4n) is 8.74. The first-order chi connectivity index (χ1) is 34.0. The number of carbonyl (C=O) groups excluding carboxylic acids is 3. The number of esters is 3. The van der Waals surface area contributed by atoms with Crippen LogP contribution in [-0.4, -0.2) is 37.2 Å². The van der Waals surface area contributed by atoms with Gasteiger partial charge in [0.05, 0.1) is 0 Å².